The van der Waals surface area contributed by atoms with Crippen LogP contribution in [0.1, 0.15) is 46.5 Å². The number of oxime groups is 1. The monoisotopic (exact) mass is 255 g/mol. The van der Waals surface area contributed by atoms with Gasteiger partial charge < -0.3 is 15.8 Å². The molecule has 0 bridgehead atoms. The molecule has 1 amide bonds. The zero-order valence-electron chi connectivity index (χ0n) is 11.6. The maximum Gasteiger partial charge on any atom is 0.230 e. The van der Waals surface area contributed by atoms with Crippen LogP contribution in [0.2, 0.25) is 0 Å². The lowest BCUT2D eigenvalue weighted by atomic mass is 9.77. The third-order valence-electron chi connectivity index (χ3n) is 3.77. The quantitative estimate of drug-likeness (QED) is 0.342. The van der Waals surface area contributed by atoms with Crippen LogP contribution in [0.3, 0.4) is 0 Å². The molecule has 1 rings (SSSR count). The van der Waals surface area contributed by atoms with Gasteiger partial charge in [-0.05, 0) is 30.6 Å². The van der Waals surface area contributed by atoms with Crippen LogP contribution >= 0.6 is 0 Å². The third kappa shape index (κ3) is 4.20. The molecule has 1 heterocycles. The van der Waals surface area contributed by atoms with E-state index in [2.05, 4.69) is 25.9 Å². The van der Waals surface area contributed by atoms with Crippen molar-refractivity contribution < 1.29 is 10.0 Å². The Labute approximate surface area is 109 Å². The number of hydrogen-bond donors (Lipinski definition) is 2. The van der Waals surface area contributed by atoms with Crippen LogP contribution in [0.5, 0.6) is 0 Å². The van der Waals surface area contributed by atoms with Crippen molar-refractivity contribution in [3.63, 3.8) is 0 Å². The van der Waals surface area contributed by atoms with E-state index >= 15 is 0 Å². The van der Waals surface area contributed by atoms with Gasteiger partial charge in [-0.15, -0.1) is 0 Å². The van der Waals surface area contributed by atoms with Crippen molar-refractivity contribution in [1.29, 1.82) is 0 Å². The summed E-state index contributed by atoms with van der Waals surface area (Å²) in [5.74, 6) is 0.593. The van der Waals surface area contributed by atoms with E-state index in [0.717, 1.165) is 32.4 Å². The summed E-state index contributed by atoms with van der Waals surface area (Å²) in [5, 5.41) is 11.3. The lowest BCUT2D eigenvalue weighted by Gasteiger charge is -2.29. The van der Waals surface area contributed by atoms with Crippen molar-refractivity contribution in [1.82, 2.24) is 4.90 Å². The Morgan fingerprint density at radius 3 is 2.61 bits per heavy atom. The fourth-order valence-electron chi connectivity index (χ4n) is 2.51. The zero-order chi connectivity index (χ0) is 13.8. The molecule has 18 heavy (non-hydrogen) atoms. The molecule has 5 nitrogen and oxygen atoms in total. The molecule has 1 saturated heterocycles. The van der Waals surface area contributed by atoms with E-state index in [0.29, 0.717) is 11.3 Å². The Bertz CT molecular complexity index is 321. The maximum absolute atomic E-state index is 11.9. The summed E-state index contributed by atoms with van der Waals surface area (Å²) >= 11 is 0. The van der Waals surface area contributed by atoms with Crippen LogP contribution in [0.15, 0.2) is 5.16 Å². The molecule has 0 aliphatic carbocycles. The molecule has 0 spiro atoms. The molecule has 104 valence electrons. The van der Waals surface area contributed by atoms with Gasteiger partial charge in [0, 0.05) is 13.1 Å². The zero-order valence-corrected chi connectivity index (χ0v) is 11.6. The first-order valence-corrected chi connectivity index (χ1v) is 6.58. The molecule has 1 atom stereocenters. The molecule has 5 heteroatoms. The Morgan fingerprint density at radius 1 is 1.39 bits per heavy atom. The van der Waals surface area contributed by atoms with Gasteiger partial charge in [0.05, 0.1) is 6.42 Å². The van der Waals surface area contributed by atoms with E-state index in [1.54, 1.807) is 0 Å². The van der Waals surface area contributed by atoms with Gasteiger partial charge >= 0.3 is 0 Å². The minimum atomic E-state index is -0.0418. The van der Waals surface area contributed by atoms with E-state index in [1.165, 1.54) is 0 Å². The highest BCUT2D eigenvalue weighted by atomic mass is 16.4. The molecular weight excluding hydrogens is 230 g/mol. The first kappa shape index (κ1) is 14.8. The van der Waals surface area contributed by atoms with Crippen molar-refractivity contribution >= 4 is 11.7 Å². The fraction of sp³-hybridized carbons (Fsp3) is 0.846. The average molecular weight is 255 g/mol. The van der Waals surface area contributed by atoms with Gasteiger partial charge in [-0.25, -0.2) is 0 Å². The minimum absolute atomic E-state index is 0.0106. The standard InChI is InChI=1S/C13H25N3O2/c1-13(2,3)10-5-4-7-16(8-6-10)12(17)9-11(14)15-18/h10,18H,4-9H2,1-3H3,(H2,14,15). The van der Waals surface area contributed by atoms with Crippen molar-refractivity contribution in [2.24, 2.45) is 22.2 Å². The summed E-state index contributed by atoms with van der Waals surface area (Å²) < 4.78 is 0. The van der Waals surface area contributed by atoms with E-state index in [-0.39, 0.29) is 18.2 Å². The van der Waals surface area contributed by atoms with E-state index < -0.39 is 0 Å². The number of nitrogens with two attached hydrogens (primary N) is 1. The average Bonchev–Trinajstić information content (AvgIpc) is 2.53. The van der Waals surface area contributed by atoms with Crippen LogP contribution in [-0.2, 0) is 4.79 Å². The summed E-state index contributed by atoms with van der Waals surface area (Å²) in [6.07, 6.45) is 3.24. The van der Waals surface area contributed by atoms with Crippen molar-refractivity contribution in [2.45, 2.75) is 46.5 Å². The molecule has 0 radical (unpaired) electrons. The Hall–Kier alpha value is -1.26. The molecule has 3 N–H and O–H groups in total. The number of carbonyl (C=O) groups excluding carboxylic acids is 1. The summed E-state index contributed by atoms with van der Waals surface area (Å²) in [5.41, 5.74) is 5.66. The normalized spacial score (nSPS) is 22.7. The number of carbonyl (C=O) groups is 1. The number of nitrogens with zero attached hydrogens (tertiary/aromatic N) is 2. The number of hydrogen-bond acceptors (Lipinski definition) is 3. The fourth-order valence-corrected chi connectivity index (χ4v) is 2.51. The van der Waals surface area contributed by atoms with Gasteiger partial charge in [-0.2, -0.15) is 0 Å². The topological polar surface area (TPSA) is 78.9 Å². The summed E-state index contributed by atoms with van der Waals surface area (Å²) in [6.45, 7) is 8.33. The molecule has 1 aliphatic heterocycles. The minimum Gasteiger partial charge on any atom is -0.409 e. The van der Waals surface area contributed by atoms with Crippen LogP contribution in [0, 0.1) is 11.3 Å². The molecule has 1 aliphatic rings. The predicted molar refractivity (Wildman–Crippen MR) is 71.4 cm³/mol. The van der Waals surface area contributed by atoms with Gasteiger partial charge in [-0.3, -0.25) is 4.79 Å². The van der Waals surface area contributed by atoms with Crippen LogP contribution in [0.4, 0.5) is 0 Å². The van der Waals surface area contributed by atoms with Gasteiger partial charge in [0.15, 0.2) is 0 Å². The number of likely N-dealkylation sites (tertiary alicyclic amines) is 1. The maximum atomic E-state index is 11.9. The third-order valence-corrected chi connectivity index (χ3v) is 3.77. The largest absolute Gasteiger partial charge is 0.409 e. The molecule has 0 saturated carbocycles. The van der Waals surface area contributed by atoms with Gasteiger partial charge in [-0.1, -0.05) is 25.9 Å². The second-order valence-corrected chi connectivity index (χ2v) is 6.14. The van der Waals surface area contributed by atoms with Crippen LogP contribution < -0.4 is 5.73 Å². The highest BCUT2D eigenvalue weighted by Gasteiger charge is 2.28. The summed E-state index contributed by atoms with van der Waals surface area (Å²) in [4.78, 5) is 13.8. The number of amides is 1. The first-order valence-electron chi connectivity index (χ1n) is 6.58. The molecular formula is C13H25N3O2. The molecule has 0 aromatic heterocycles. The van der Waals surface area contributed by atoms with Gasteiger partial charge in [0.1, 0.15) is 5.84 Å². The second kappa shape index (κ2) is 6.07. The van der Waals surface area contributed by atoms with Crippen molar-refractivity contribution in [3.8, 4) is 0 Å². The Morgan fingerprint density at radius 2 is 2.06 bits per heavy atom. The Kier molecular flexibility index (Phi) is 4.99. The predicted octanol–water partition coefficient (Wildman–Crippen LogP) is 1.80. The Balaban J connectivity index is 2.54. The molecule has 1 unspecified atom stereocenters. The van der Waals surface area contributed by atoms with Crippen molar-refractivity contribution in [3.05, 3.63) is 0 Å². The van der Waals surface area contributed by atoms with E-state index in [9.17, 15) is 4.79 Å². The van der Waals surface area contributed by atoms with Gasteiger partial charge in [0.25, 0.3) is 0 Å². The number of amidine groups is 1. The number of rotatable bonds is 2. The van der Waals surface area contributed by atoms with Crippen LogP contribution in [0.25, 0.3) is 0 Å². The summed E-state index contributed by atoms with van der Waals surface area (Å²) in [7, 11) is 0. The summed E-state index contributed by atoms with van der Waals surface area (Å²) in [6, 6.07) is 0. The molecule has 1 fully saturated rings. The first-order chi connectivity index (χ1) is 8.34. The smallest absolute Gasteiger partial charge is 0.230 e. The molecule has 0 aromatic rings. The second-order valence-electron chi connectivity index (χ2n) is 6.14. The lowest BCUT2D eigenvalue weighted by Crippen LogP contribution is -2.35. The van der Waals surface area contributed by atoms with Crippen molar-refractivity contribution in [2.75, 3.05) is 13.1 Å². The SMILES string of the molecule is CC(C)(C)C1CCCN(C(=O)CC(N)=NO)CC1. The van der Waals surface area contributed by atoms with E-state index in [1.807, 2.05) is 4.90 Å². The lowest BCUT2D eigenvalue weighted by molar-refractivity contribution is -0.129. The highest BCUT2D eigenvalue weighted by molar-refractivity contribution is 5.98. The van der Waals surface area contributed by atoms with Gasteiger partial charge in [0.2, 0.25) is 5.91 Å². The van der Waals surface area contributed by atoms with Crippen LogP contribution in [-0.4, -0.2) is 34.9 Å². The molecule has 0 aromatic carbocycles. The highest BCUT2D eigenvalue weighted by Crippen LogP contribution is 2.34. The van der Waals surface area contributed by atoms with E-state index in [4.69, 9.17) is 10.9 Å².